The van der Waals surface area contributed by atoms with Crippen molar-refractivity contribution in [1.82, 2.24) is 9.88 Å². The van der Waals surface area contributed by atoms with E-state index in [1.165, 1.54) is 71.2 Å². The number of nitrogens with zero attached hydrogens (tertiary/aromatic N) is 2. The SMILES string of the molecule is CCC[CH2][Sn]([CH2]CCC)([CH2]CCC)[c]1nc(Cl)ccc1[C@@H]1CCCN1C. The van der Waals surface area contributed by atoms with Crippen molar-refractivity contribution in [3.8, 4) is 0 Å². The van der Waals surface area contributed by atoms with Crippen molar-refractivity contribution >= 4 is 33.7 Å². The summed E-state index contributed by atoms with van der Waals surface area (Å²) in [4.78, 5) is 7.66. The summed E-state index contributed by atoms with van der Waals surface area (Å²) in [6.07, 6.45) is 10.6. The van der Waals surface area contributed by atoms with Crippen LogP contribution in [0.15, 0.2) is 12.1 Å². The normalized spacial score (nSPS) is 18.6. The van der Waals surface area contributed by atoms with Gasteiger partial charge in [0.1, 0.15) is 0 Å². The van der Waals surface area contributed by atoms with E-state index in [4.69, 9.17) is 16.6 Å². The maximum atomic E-state index is 6.48. The van der Waals surface area contributed by atoms with Crippen LogP contribution >= 0.6 is 11.6 Å². The molecule has 0 amide bonds. The molecule has 0 aliphatic carbocycles. The molecule has 0 saturated carbocycles. The molecule has 1 atom stereocenters. The molecule has 26 heavy (non-hydrogen) atoms. The Morgan fingerprint density at radius 3 is 2.08 bits per heavy atom. The van der Waals surface area contributed by atoms with Crippen LogP contribution < -0.4 is 3.71 Å². The van der Waals surface area contributed by atoms with Gasteiger partial charge in [0, 0.05) is 0 Å². The van der Waals surface area contributed by atoms with E-state index < -0.39 is 18.4 Å². The van der Waals surface area contributed by atoms with Gasteiger partial charge in [-0.1, -0.05) is 0 Å². The number of pyridine rings is 1. The summed E-state index contributed by atoms with van der Waals surface area (Å²) in [6, 6.07) is 4.95. The van der Waals surface area contributed by atoms with Gasteiger partial charge in [0.05, 0.1) is 0 Å². The second kappa shape index (κ2) is 11.3. The average Bonchev–Trinajstić information content (AvgIpc) is 3.07. The molecule has 2 rings (SSSR count). The number of likely N-dealkylation sites (tertiary alicyclic amines) is 1. The molecule has 4 heteroatoms. The number of halogens is 1. The Labute approximate surface area is 171 Å². The zero-order valence-electron chi connectivity index (χ0n) is 17.5. The predicted octanol–water partition coefficient (Wildman–Crippen LogP) is 6.56. The molecule has 1 fully saturated rings. The fourth-order valence-electron chi connectivity index (χ4n) is 4.72. The van der Waals surface area contributed by atoms with Gasteiger partial charge in [0.2, 0.25) is 0 Å². The van der Waals surface area contributed by atoms with Crippen LogP contribution in [0.1, 0.15) is 83.7 Å². The zero-order chi connectivity index (χ0) is 19.0. The Balaban J connectivity index is 2.50. The third-order valence-electron chi connectivity index (χ3n) is 6.30. The van der Waals surface area contributed by atoms with E-state index in [-0.39, 0.29) is 0 Å². The summed E-state index contributed by atoms with van der Waals surface area (Å²) >= 11 is 3.91. The molecule has 1 aromatic rings. The van der Waals surface area contributed by atoms with E-state index in [1.807, 2.05) is 6.07 Å². The van der Waals surface area contributed by atoms with Crippen molar-refractivity contribution < 1.29 is 0 Å². The van der Waals surface area contributed by atoms with Gasteiger partial charge in [0.25, 0.3) is 0 Å². The minimum atomic E-state index is -2.57. The van der Waals surface area contributed by atoms with E-state index >= 15 is 0 Å². The Bertz CT molecular complexity index is 527. The van der Waals surface area contributed by atoms with Gasteiger partial charge in [-0.2, -0.15) is 0 Å². The standard InChI is InChI=1S/C10H12ClN2.3C4H9.Sn/c1-13-6-2-3-9(13)8-4-5-10(11)12-7-8;3*1-3-4-2;/h4-5,9H,2-3,6H2,1H3;3*1,3-4H2,2H3;/t9-;;;;/m0..../s1. The van der Waals surface area contributed by atoms with Crippen LogP contribution in [-0.2, 0) is 0 Å². The molecule has 148 valence electrons. The van der Waals surface area contributed by atoms with Crippen molar-refractivity contribution in [3.05, 3.63) is 22.8 Å². The van der Waals surface area contributed by atoms with Gasteiger partial charge >= 0.3 is 172 Å². The van der Waals surface area contributed by atoms with E-state index in [0.717, 1.165) is 5.15 Å². The van der Waals surface area contributed by atoms with Gasteiger partial charge < -0.3 is 0 Å². The molecule has 0 unspecified atom stereocenters. The second-order valence-electron chi connectivity index (χ2n) is 8.30. The summed E-state index contributed by atoms with van der Waals surface area (Å²) in [5, 5.41) is 0.718. The first-order valence-electron chi connectivity index (χ1n) is 10.9. The van der Waals surface area contributed by atoms with Crippen LogP contribution in [0.4, 0.5) is 0 Å². The molecule has 2 nitrogen and oxygen atoms in total. The summed E-state index contributed by atoms with van der Waals surface area (Å²) in [6.45, 7) is 8.24. The van der Waals surface area contributed by atoms with E-state index in [9.17, 15) is 0 Å². The average molecular weight is 486 g/mol. The number of unbranched alkanes of at least 4 members (excludes halogenated alkanes) is 3. The molecule has 2 heterocycles. The third kappa shape index (κ3) is 5.61. The van der Waals surface area contributed by atoms with Crippen molar-refractivity contribution in [2.75, 3.05) is 13.6 Å². The summed E-state index contributed by atoms with van der Waals surface area (Å²) in [5.41, 5.74) is 1.55. The van der Waals surface area contributed by atoms with E-state index in [0.29, 0.717) is 6.04 Å². The molecule has 0 radical (unpaired) electrons. The van der Waals surface area contributed by atoms with E-state index in [2.05, 4.69) is 38.8 Å². The quantitative estimate of drug-likeness (QED) is 0.261. The molecular formula is C22H39ClN2Sn. The first-order valence-corrected chi connectivity index (χ1v) is 18.8. The maximum absolute atomic E-state index is 6.48. The molecule has 1 saturated heterocycles. The van der Waals surface area contributed by atoms with E-state index in [1.54, 1.807) is 9.27 Å². The molecule has 0 bridgehead atoms. The van der Waals surface area contributed by atoms with Crippen LogP contribution in [0.2, 0.25) is 18.5 Å². The van der Waals surface area contributed by atoms with Crippen molar-refractivity contribution in [1.29, 1.82) is 0 Å². The molecular weight excluding hydrogens is 446 g/mol. The Morgan fingerprint density at radius 2 is 1.62 bits per heavy atom. The Kier molecular flexibility index (Phi) is 9.74. The van der Waals surface area contributed by atoms with Crippen LogP contribution in [0.5, 0.6) is 0 Å². The second-order valence-corrected chi connectivity index (χ2v) is 21.6. The fraction of sp³-hybridized carbons (Fsp3) is 0.773. The van der Waals surface area contributed by atoms with Gasteiger partial charge in [-0.3, -0.25) is 0 Å². The Hall–Kier alpha value is 0.199. The predicted molar refractivity (Wildman–Crippen MR) is 118 cm³/mol. The third-order valence-corrected chi connectivity index (χ3v) is 21.7. The van der Waals surface area contributed by atoms with Crippen molar-refractivity contribution in [3.63, 3.8) is 0 Å². The minimum absolute atomic E-state index is 0.565. The van der Waals surface area contributed by atoms with Crippen LogP contribution in [0, 0.1) is 0 Å². The molecule has 1 aromatic heterocycles. The molecule has 1 aliphatic rings. The van der Waals surface area contributed by atoms with Gasteiger partial charge in [0.15, 0.2) is 0 Å². The summed E-state index contributed by atoms with van der Waals surface area (Å²) in [5.74, 6) is 0. The number of hydrogen-bond acceptors (Lipinski definition) is 2. The number of aromatic nitrogens is 1. The van der Waals surface area contributed by atoms with Crippen molar-refractivity contribution in [2.24, 2.45) is 0 Å². The number of hydrogen-bond donors (Lipinski definition) is 0. The van der Waals surface area contributed by atoms with Gasteiger partial charge in [-0.15, -0.1) is 0 Å². The molecule has 0 spiro atoms. The van der Waals surface area contributed by atoms with Crippen LogP contribution in [0.3, 0.4) is 0 Å². The van der Waals surface area contributed by atoms with Crippen molar-refractivity contribution in [2.45, 2.75) is 91.5 Å². The fourth-order valence-corrected chi connectivity index (χ4v) is 21.5. The first kappa shape index (κ1) is 22.5. The monoisotopic (exact) mass is 486 g/mol. The van der Waals surface area contributed by atoms with Gasteiger partial charge in [-0.05, 0) is 0 Å². The summed E-state index contributed by atoms with van der Waals surface area (Å²) < 4.78 is 5.92. The zero-order valence-corrected chi connectivity index (χ0v) is 21.1. The summed E-state index contributed by atoms with van der Waals surface area (Å²) in [7, 11) is 2.29. The first-order chi connectivity index (χ1) is 12.6. The van der Waals surface area contributed by atoms with Gasteiger partial charge in [-0.25, -0.2) is 0 Å². The topological polar surface area (TPSA) is 16.1 Å². The Morgan fingerprint density at radius 1 is 1.04 bits per heavy atom. The molecule has 1 aliphatic heterocycles. The number of rotatable bonds is 11. The molecule has 0 aromatic carbocycles. The van der Waals surface area contributed by atoms with Crippen LogP contribution in [0.25, 0.3) is 0 Å². The van der Waals surface area contributed by atoms with Crippen LogP contribution in [-0.4, -0.2) is 41.9 Å². The molecule has 0 N–H and O–H groups in total.